The maximum absolute atomic E-state index is 12.1. The summed E-state index contributed by atoms with van der Waals surface area (Å²) in [5.41, 5.74) is 3.92. The molecule has 3 heterocycles. The highest BCUT2D eigenvalue weighted by Crippen LogP contribution is 2.29. The molecule has 0 atom stereocenters. The number of rotatable bonds is 8. The van der Waals surface area contributed by atoms with Gasteiger partial charge < -0.3 is 15.7 Å². The number of fused-ring (bicyclic) bond motifs is 1. The monoisotopic (exact) mass is 418 g/mol. The molecule has 0 aliphatic rings. The van der Waals surface area contributed by atoms with Gasteiger partial charge in [-0.15, -0.1) is 0 Å². The maximum Gasteiger partial charge on any atom is 0.224 e. The Labute approximate surface area is 179 Å². The van der Waals surface area contributed by atoms with E-state index in [9.17, 15) is 9.90 Å². The van der Waals surface area contributed by atoms with Gasteiger partial charge >= 0.3 is 0 Å². The van der Waals surface area contributed by atoms with Crippen molar-refractivity contribution in [3.8, 4) is 17.0 Å². The van der Waals surface area contributed by atoms with Crippen molar-refractivity contribution in [2.75, 3.05) is 18.4 Å². The van der Waals surface area contributed by atoms with Crippen molar-refractivity contribution >= 4 is 41.5 Å². The third-order valence-electron chi connectivity index (χ3n) is 4.69. The molecule has 1 aromatic carbocycles. The van der Waals surface area contributed by atoms with Crippen molar-refractivity contribution < 1.29 is 9.90 Å². The molecule has 4 rings (SSSR count). The summed E-state index contributed by atoms with van der Waals surface area (Å²) in [7, 11) is 1.94. The van der Waals surface area contributed by atoms with Gasteiger partial charge in [-0.2, -0.15) is 21.0 Å². The van der Waals surface area contributed by atoms with E-state index in [4.69, 9.17) is 4.98 Å². The van der Waals surface area contributed by atoms with Gasteiger partial charge in [-0.25, -0.2) is 4.98 Å². The fourth-order valence-electron chi connectivity index (χ4n) is 3.17. The third-order valence-corrected chi connectivity index (χ3v) is 5.42. The van der Waals surface area contributed by atoms with Crippen molar-refractivity contribution in [3.63, 3.8) is 0 Å². The Kier molecular flexibility index (Phi) is 5.99. The molecule has 7 nitrogen and oxygen atoms in total. The summed E-state index contributed by atoms with van der Waals surface area (Å²) in [6, 6.07) is 10.9. The van der Waals surface area contributed by atoms with Gasteiger partial charge in [0.2, 0.25) is 5.91 Å². The molecule has 0 saturated heterocycles. The van der Waals surface area contributed by atoms with Crippen LogP contribution in [-0.4, -0.2) is 46.0 Å². The van der Waals surface area contributed by atoms with Gasteiger partial charge in [0, 0.05) is 30.9 Å². The van der Waals surface area contributed by atoms with E-state index in [0.29, 0.717) is 36.4 Å². The molecule has 0 bridgehead atoms. The number of benzene rings is 1. The first-order chi connectivity index (χ1) is 14.7. The molecule has 151 valence electrons. The molecule has 0 unspecified atom stereocenters. The molecule has 1 radical (unpaired) electrons. The van der Waals surface area contributed by atoms with E-state index in [1.54, 1.807) is 34.2 Å². The molecular formula is C21H21BN5O2S. The van der Waals surface area contributed by atoms with Gasteiger partial charge in [-0.05, 0) is 40.0 Å². The minimum atomic E-state index is -0.00747. The topological polar surface area (TPSA) is 91.5 Å². The molecule has 0 aliphatic carbocycles. The summed E-state index contributed by atoms with van der Waals surface area (Å²) < 4.78 is 1.73. The first-order valence-corrected chi connectivity index (χ1v) is 10.6. The van der Waals surface area contributed by atoms with Crippen LogP contribution in [0.2, 0.25) is 6.82 Å². The van der Waals surface area contributed by atoms with Crippen LogP contribution in [0.1, 0.15) is 5.56 Å². The Morgan fingerprint density at radius 2 is 2.13 bits per heavy atom. The number of para-hydroxylation sites is 1. The smallest absolute Gasteiger partial charge is 0.224 e. The summed E-state index contributed by atoms with van der Waals surface area (Å²) in [6.45, 7) is 2.94. The molecule has 30 heavy (non-hydrogen) atoms. The fraction of sp³-hybridized carbons (Fsp3) is 0.190. The molecule has 0 spiro atoms. The first-order valence-electron chi connectivity index (χ1n) is 9.64. The third kappa shape index (κ3) is 4.31. The number of hydrogen-bond acceptors (Lipinski definition) is 6. The molecule has 3 N–H and O–H groups in total. The summed E-state index contributed by atoms with van der Waals surface area (Å²) in [4.78, 5) is 16.8. The highest BCUT2D eigenvalue weighted by molar-refractivity contribution is 7.08. The minimum absolute atomic E-state index is 0.00747. The molecule has 4 aromatic rings. The van der Waals surface area contributed by atoms with Crippen LogP contribution < -0.4 is 16.1 Å². The van der Waals surface area contributed by atoms with Crippen molar-refractivity contribution in [3.05, 3.63) is 58.9 Å². The molecule has 0 saturated carbocycles. The van der Waals surface area contributed by atoms with Crippen molar-refractivity contribution in [2.45, 2.75) is 13.2 Å². The lowest BCUT2D eigenvalue weighted by Gasteiger charge is -2.12. The van der Waals surface area contributed by atoms with E-state index in [1.807, 2.05) is 49.1 Å². The van der Waals surface area contributed by atoms with Crippen LogP contribution in [0.25, 0.3) is 16.9 Å². The quantitative estimate of drug-likeness (QED) is 0.302. The molecule has 9 heteroatoms. The van der Waals surface area contributed by atoms with Gasteiger partial charge in [-0.1, -0.05) is 19.0 Å². The number of amides is 1. The standard InChI is InChI=1S/C21H21BN5O2S/c1-22-16-12-25-27-19(23-7-8-24-20(29)10-14-6-9-30-13-14)11-17(26-21(16)27)15-4-2-3-5-18(15)28/h2-6,9,11-13,23,28H,7-8,10H2,1H3,(H,24,29). The van der Waals surface area contributed by atoms with E-state index in [0.717, 1.165) is 16.8 Å². The molecule has 0 fully saturated rings. The van der Waals surface area contributed by atoms with Gasteiger partial charge in [0.05, 0.1) is 12.1 Å². The van der Waals surface area contributed by atoms with Gasteiger partial charge in [-0.3, -0.25) is 4.79 Å². The Morgan fingerprint density at radius 3 is 2.90 bits per heavy atom. The molecule has 3 aromatic heterocycles. The Bertz CT molecular complexity index is 1160. The zero-order valence-electron chi connectivity index (χ0n) is 16.5. The van der Waals surface area contributed by atoms with E-state index in [1.165, 1.54) is 0 Å². The highest BCUT2D eigenvalue weighted by atomic mass is 32.1. The van der Waals surface area contributed by atoms with E-state index >= 15 is 0 Å². The van der Waals surface area contributed by atoms with Crippen LogP contribution in [0, 0.1) is 0 Å². The molecule has 1 amide bonds. The summed E-state index contributed by atoms with van der Waals surface area (Å²) in [6.07, 6.45) is 2.14. The van der Waals surface area contributed by atoms with Crippen molar-refractivity contribution in [1.82, 2.24) is 19.9 Å². The number of carbonyl (C=O) groups is 1. The number of anilines is 1. The van der Waals surface area contributed by atoms with Gasteiger partial charge in [0.25, 0.3) is 0 Å². The number of aromatic nitrogens is 3. The lowest BCUT2D eigenvalue weighted by molar-refractivity contribution is -0.120. The van der Waals surface area contributed by atoms with Gasteiger partial charge in [0.15, 0.2) is 12.9 Å². The number of aromatic hydroxyl groups is 1. The second kappa shape index (κ2) is 9.00. The number of phenols is 1. The van der Waals surface area contributed by atoms with Crippen molar-refractivity contribution in [1.29, 1.82) is 0 Å². The van der Waals surface area contributed by atoms with Crippen LogP contribution in [0.15, 0.2) is 53.4 Å². The average molecular weight is 418 g/mol. The second-order valence-electron chi connectivity index (χ2n) is 6.75. The number of nitrogens with zero attached hydrogens (tertiary/aromatic N) is 3. The minimum Gasteiger partial charge on any atom is -0.507 e. The Morgan fingerprint density at radius 1 is 1.27 bits per heavy atom. The van der Waals surface area contributed by atoms with Crippen LogP contribution >= 0.6 is 11.3 Å². The zero-order valence-corrected chi connectivity index (χ0v) is 17.3. The number of nitrogens with one attached hydrogen (secondary N) is 2. The van der Waals surface area contributed by atoms with E-state index in [2.05, 4.69) is 15.7 Å². The van der Waals surface area contributed by atoms with Crippen LogP contribution in [0.3, 0.4) is 0 Å². The lowest BCUT2D eigenvalue weighted by Crippen LogP contribution is -2.30. The van der Waals surface area contributed by atoms with Gasteiger partial charge in [0.1, 0.15) is 11.6 Å². The summed E-state index contributed by atoms with van der Waals surface area (Å²) in [5, 5.41) is 24.9. The maximum atomic E-state index is 12.1. The average Bonchev–Trinajstić information content (AvgIpc) is 3.40. The predicted molar refractivity (Wildman–Crippen MR) is 121 cm³/mol. The van der Waals surface area contributed by atoms with Crippen molar-refractivity contribution in [2.24, 2.45) is 0 Å². The molecule has 0 aliphatic heterocycles. The number of phenolic OH excluding ortho intramolecular Hbond substituents is 1. The predicted octanol–water partition coefficient (Wildman–Crippen LogP) is 2.31. The van der Waals surface area contributed by atoms with Crippen LogP contribution in [0.4, 0.5) is 5.82 Å². The van der Waals surface area contributed by atoms with E-state index < -0.39 is 0 Å². The van der Waals surface area contributed by atoms with Crippen LogP contribution in [0.5, 0.6) is 5.75 Å². The fourth-order valence-corrected chi connectivity index (χ4v) is 3.84. The normalized spacial score (nSPS) is 10.8. The second-order valence-corrected chi connectivity index (χ2v) is 7.53. The Balaban J connectivity index is 1.50. The summed E-state index contributed by atoms with van der Waals surface area (Å²) >= 11 is 1.58. The zero-order chi connectivity index (χ0) is 20.9. The number of thiophene rings is 1. The molecular weight excluding hydrogens is 397 g/mol. The SMILES string of the molecule is C[B]c1cnn2c(NCCNC(=O)Cc3ccsc3)cc(-c3ccccc3O)nc12. The highest BCUT2D eigenvalue weighted by Gasteiger charge is 2.14. The lowest BCUT2D eigenvalue weighted by atomic mass is 9.75. The largest absolute Gasteiger partial charge is 0.507 e. The summed E-state index contributed by atoms with van der Waals surface area (Å²) in [5.74, 6) is 0.896. The number of carbonyl (C=O) groups excluding carboxylic acids is 1. The Hall–Kier alpha value is -3.33. The first kappa shape index (κ1) is 20.0. The number of hydrogen-bond donors (Lipinski definition) is 3. The van der Waals surface area contributed by atoms with E-state index in [-0.39, 0.29) is 11.7 Å². The van der Waals surface area contributed by atoms with Crippen LogP contribution in [-0.2, 0) is 11.2 Å².